The van der Waals surface area contributed by atoms with Gasteiger partial charge in [-0.15, -0.1) is 0 Å². The molecule has 0 radical (unpaired) electrons. The molecule has 18 heavy (non-hydrogen) atoms. The zero-order valence-electron chi connectivity index (χ0n) is 11.1. The van der Waals surface area contributed by atoms with E-state index in [0.717, 1.165) is 18.4 Å². The maximum absolute atomic E-state index is 12.2. The molecule has 98 valence electrons. The fraction of sp³-hybridized carbons (Fsp3) is 0.533. The van der Waals surface area contributed by atoms with Gasteiger partial charge in [0.25, 0.3) is 0 Å². The summed E-state index contributed by atoms with van der Waals surface area (Å²) in [4.78, 5) is 12.2. The Morgan fingerprint density at radius 2 is 1.89 bits per heavy atom. The van der Waals surface area contributed by atoms with E-state index >= 15 is 0 Å². The maximum Gasteiger partial charge on any atom is 0.229 e. The molecule has 1 fully saturated rings. The number of primary amides is 1. The highest BCUT2D eigenvalue weighted by Gasteiger charge is 2.77. The molecule has 3 nitrogen and oxygen atoms in total. The molecule has 1 amide bonds. The van der Waals surface area contributed by atoms with E-state index in [4.69, 9.17) is 11.5 Å². The molecule has 0 heterocycles. The number of carbonyl (C=O) groups is 1. The summed E-state index contributed by atoms with van der Waals surface area (Å²) in [5.74, 6) is 0.0350. The first-order valence-electron chi connectivity index (χ1n) is 6.67. The van der Waals surface area contributed by atoms with Gasteiger partial charge in [-0.05, 0) is 24.4 Å². The molecule has 0 bridgehead atoms. The first kappa shape index (κ1) is 13.1. The molecule has 1 aromatic rings. The van der Waals surface area contributed by atoms with Gasteiger partial charge in [-0.2, -0.15) is 0 Å². The largest absolute Gasteiger partial charge is 0.369 e. The Balaban J connectivity index is 2.58. The van der Waals surface area contributed by atoms with Crippen LogP contribution in [0.4, 0.5) is 0 Å². The molecule has 0 aliphatic heterocycles. The van der Waals surface area contributed by atoms with Crippen LogP contribution in [0.1, 0.15) is 32.3 Å². The number of nitrogens with two attached hydrogens (primary N) is 2. The quantitative estimate of drug-likeness (QED) is 0.831. The predicted octanol–water partition coefficient (Wildman–Crippen LogP) is 1.80. The second-order valence-corrected chi connectivity index (χ2v) is 5.21. The van der Waals surface area contributed by atoms with Gasteiger partial charge in [-0.25, -0.2) is 0 Å². The van der Waals surface area contributed by atoms with Gasteiger partial charge in [0, 0.05) is 5.41 Å². The molecule has 3 unspecified atom stereocenters. The normalized spacial score (nSPS) is 34.3. The number of hydrogen-bond acceptors (Lipinski definition) is 2. The lowest BCUT2D eigenvalue weighted by molar-refractivity contribution is -0.121. The lowest BCUT2D eigenvalue weighted by atomic mass is 9.83. The van der Waals surface area contributed by atoms with Crippen molar-refractivity contribution >= 4 is 5.91 Å². The number of amides is 1. The summed E-state index contributed by atoms with van der Waals surface area (Å²) in [5.41, 5.74) is 12.1. The van der Waals surface area contributed by atoms with Crippen molar-refractivity contribution in [3.8, 4) is 0 Å². The Morgan fingerprint density at radius 3 is 2.22 bits per heavy atom. The van der Waals surface area contributed by atoms with Gasteiger partial charge in [-0.3, -0.25) is 4.79 Å². The maximum atomic E-state index is 12.2. The predicted molar refractivity (Wildman–Crippen MR) is 72.9 cm³/mol. The first-order chi connectivity index (χ1) is 8.61. The summed E-state index contributed by atoms with van der Waals surface area (Å²) in [5, 5.41) is 0. The minimum Gasteiger partial charge on any atom is -0.369 e. The topological polar surface area (TPSA) is 69.1 Å². The van der Waals surface area contributed by atoms with E-state index < -0.39 is 5.41 Å². The van der Waals surface area contributed by atoms with Crippen molar-refractivity contribution in [1.82, 2.24) is 0 Å². The van der Waals surface area contributed by atoms with Crippen molar-refractivity contribution < 1.29 is 4.79 Å². The van der Waals surface area contributed by atoms with Crippen LogP contribution in [0.5, 0.6) is 0 Å². The van der Waals surface area contributed by atoms with Gasteiger partial charge in [0.05, 0.1) is 5.41 Å². The van der Waals surface area contributed by atoms with Gasteiger partial charge in [0.1, 0.15) is 0 Å². The smallest absolute Gasteiger partial charge is 0.229 e. The molecule has 2 rings (SSSR count). The summed E-state index contributed by atoms with van der Waals surface area (Å²) in [6, 6.07) is 9.88. The van der Waals surface area contributed by atoms with E-state index in [1.807, 2.05) is 30.3 Å². The molecule has 1 aromatic carbocycles. The highest BCUT2D eigenvalue weighted by molar-refractivity contribution is 5.93. The fourth-order valence-corrected chi connectivity index (χ4v) is 4.10. The molecule has 0 aromatic heterocycles. The third-order valence-corrected chi connectivity index (χ3v) is 4.91. The second kappa shape index (κ2) is 4.39. The third kappa shape index (κ3) is 1.31. The average Bonchev–Trinajstić information content (AvgIpc) is 3.03. The second-order valence-electron chi connectivity index (χ2n) is 5.21. The van der Waals surface area contributed by atoms with Crippen LogP contribution in [0.3, 0.4) is 0 Å². The number of rotatable bonds is 5. The van der Waals surface area contributed by atoms with Gasteiger partial charge < -0.3 is 11.5 Å². The lowest BCUT2D eigenvalue weighted by Gasteiger charge is -2.21. The van der Waals surface area contributed by atoms with Crippen LogP contribution >= 0.6 is 0 Å². The monoisotopic (exact) mass is 246 g/mol. The molecule has 0 saturated heterocycles. The summed E-state index contributed by atoms with van der Waals surface area (Å²) < 4.78 is 0. The van der Waals surface area contributed by atoms with Crippen molar-refractivity contribution in [2.45, 2.75) is 32.1 Å². The molecule has 3 atom stereocenters. The van der Waals surface area contributed by atoms with Crippen LogP contribution in [0.15, 0.2) is 30.3 Å². The van der Waals surface area contributed by atoms with Gasteiger partial charge in [0.2, 0.25) is 5.91 Å². The SMILES string of the molecule is CCC1C(CC)(CN)C1(C(N)=O)c1ccccc1. The third-order valence-electron chi connectivity index (χ3n) is 4.91. The standard InChI is InChI=1S/C15H22N2O/c1-3-12-14(4-2,10-16)15(12,13(17)18)11-8-6-5-7-9-11/h5-9,12H,3-4,10,16H2,1-2H3,(H2,17,18). The van der Waals surface area contributed by atoms with Crippen molar-refractivity contribution in [3.63, 3.8) is 0 Å². The molecular weight excluding hydrogens is 224 g/mol. The van der Waals surface area contributed by atoms with Crippen LogP contribution in [0.25, 0.3) is 0 Å². The summed E-state index contributed by atoms with van der Waals surface area (Å²) in [6.45, 7) is 4.72. The van der Waals surface area contributed by atoms with Crippen LogP contribution in [-0.2, 0) is 10.2 Å². The molecular formula is C15H22N2O. The average molecular weight is 246 g/mol. The Bertz CT molecular complexity index is 439. The van der Waals surface area contributed by atoms with Crippen molar-refractivity contribution in [2.75, 3.05) is 6.54 Å². The molecule has 1 saturated carbocycles. The Morgan fingerprint density at radius 1 is 1.28 bits per heavy atom. The number of hydrogen-bond donors (Lipinski definition) is 2. The Hall–Kier alpha value is -1.35. The summed E-state index contributed by atoms with van der Waals surface area (Å²) in [7, 11) is 0. The lowest BCUT2D eigenvalue weighted by Crippen LogP contribution is -2.37. The van der Waals surface area contributed by atoms with E-state index in [9.17, 15) is 4.79 Å². The molecule has 0 spiro atoms. The highest BCUT2D eigenvalue weighted by atomic mass is 16.1. The number of benzene rings is 1. The zero-order valence-corrected chi connectivity index (χ0v) is 11.1. The molecule has 3 heteroatoms. The van der Waals surface area contributed by atoms with E-state index in [-0.39, 0.29) is 17.2 Å². The Kier molecular flexibility index (Phi) is 3.20. The molecule has 1 aliphatic rings. The van der Waals surface area contributed by atoms with Crippen LogP contribution in [0, 0.1) is 11.3 Å². The van der Waals surface area contributed by atoms with E-state index in [2.05, 4.69) is 13.8 Å². The Labute approximate surface area is 109 Å². The number of carbonyl (C=O) groups excluding carboxylic acids is 1. The van der Waals surface area contributed by atoms with E-state index in [1.54, 1.807) is 0 Å². The summed E-state index contributed by atoms with van der Waals surface area (Å²) in [6.07, 6.45) is 1.82. The van der Waals surface area contributed by atoms with Crippen molar-refractivity contribution in [3.05, 3.63) is 35.9 Å². The van der Waals surface area contributed by atoms with E-state index in [0.29, 0.717) is 6.54 Å². The first-order valence-corrected chi connectivity index (χ1v) is 6.67. The van der Waals surface area contributed by atoms with Gasteiger partial charge in [-0.1, -0.05) is 50.6 Å². The molecule has 4 N–H and O–H groups in total. The van der Waals surface area contributed by atoms with Gasteiger partial charge in [0.15, 0.2) is 0 Å². The minimum atomic E-state index is -0.563. The molecule has 1 aliphatic carbocycles. The van der Waals surface area contributed by atoms with Gasteiger partial charge >= 0.3 is 0 Å². The minimum absolute atomic E-state index is 0.158. The van der Waals surface area contributed by atoms with Crippen LogP contribution < -0.4 is 11.5 Å². The highest BCUT2D eigenvalue weighted by Crippen LogP contribution is 2.72. The van der Waals surface area contributed by atoms with Crippen LogP contribution in [0.2, 0.25) is 0 Å². The van der Waals surface area contributed by atoms with Crippen molar-refractivity contribution in [1.29, 1.82) is 0 Å². The van der Waals surface area contributed by atoms with Crippen molar-refractivity contribution in [2.24, 2.45) is 22.8 Å². The van der Waals surface area contributed by atoms with E-state index in [1.165, 1.54) is 0 Å². The van der Waals surface area contributed by atoms with Crippen LogP contribution in [-0.4, -0.2) is 12.5 Å². The summed E-state index contributed by atoms with van der Waals surface area (Å²) >= 11 is 0. The fourth-order valence-electron chi connectivity index (χ4n) is 4.10. The zero-order chi connectivity index (χ0) is 13.4.